The summed E-state index contributed by atoms with van der Waals surface area (Å²) in [7, 11) is 2.15. The summed E-state index contributed by atoms with van der Waals surface area (Å²) >= 11 is 1.60. The van der Waals surface area contributed by atoms with Gasteiger partial charge in [-0.15, -0.1) is 0 Å². The Labute approximate surface area is 198 Å². The zero-order chi connectivity index (χ0) is 23.4. The molecule has 1 fully saturated rings. The van der Waals surface area contributed by atoms with Crippen LogP contribution >= 0.6 is 11.8 Å². The van der Waals surface area contributed by atoms with E-state index in [-0.39, 0.29) is 11.7 Å². The summed E-state index contributed by atoms with van der Waals surface area (Å²) in [5.74, 6) is 1.18. The largest absolute Gasteiger partial charge is 0.354 e. The van der Waals surface area contributed by atoms with Gasteiger partial charge in [0.05, 0.1) is 0 Å². The Hall–Kier alpha value is -2.97. The number of nitrogens with one attached hydrogen (secondary N) is 1. The van der Waals surface area contributed by atoms with Crippen LogP contribution in [0.15, 0.2) is 53.7 Å². The Morgan fingerprint density at radius 1 is 1.00 bits per heavy atom. The minimum absolute atomic E-state index is 0.227. The maximum Gasteiger partial charge on any atom is 0.255 e. The zero-order valence-corrected chi connectivity index (χ0v) is 20.0. The van der Waals surface area contributed by atoms with Crippen LogP contribution in [0.2, 0.25) is 0 Å². The molecule has 3 aromatic rings. The minimum Gasteiger partial charge on any atom is -0.354 e. The van der Waals surface area contributed by atoms with Crippen molar-refractivity contribution in [1.82, 2.24) is 14.9 Å². The molecule has 1 N–H and O–H groups in total. The third-order valence-electron chi connectivity index (χ3n) is 5.83. The van der Waals surface area contributed by atoms with Crippen molar-refractivity contribution in [3.05, 3.63) is 76.7 Å². The van der Waals surface area contributed by atoms with Crippen LogP contribution in [0.4, 0.5) is 15.9 Å². The normalized spacial score (nSPS) is 14.4. The number of nitrogens with zero attached hydrogens (tertiary/aromatic N) is 4. The molecular weight excluding hydrogens is 437 g/mol. The molecule has 0 atom stereocenters. The Morgan fingerprint density at radius 2 is 1.67 bits per heavy atom. The van der Waals surface area contributed by atoms with Gasteiger partial charge in [0, 0.05) is 54.4 Å². The lowest BCUT2D eigenvalue weighted by molar-refractivity contribution is 0.102. The lowest BCUT2D eigenvalue weighted by Crippen LogP contribution is -2.45. The van der Waals surface area contributed by atoms with E-state index in [9.17, 15) is 9.18 Å². The smallest absolute Gasteiger partial charge is 0.255 e. The monoisotopic (exact) mass is 465 g/mol. The van der Waals surface area contributed by atoms with Gasteiger partial charge in [-0.2, -0.15) is 0 Å². The quantitative estimate of drug-likeness (QED) is 0.426. The van der Waals surface area contributed by atoms with Crippen LogP contribution in [0.3, 0.4) is 0 Å². The van der Waals surface area contributed by atoms with Crippen molar-refractivity contribution in [1.29, 1.82) is 0 Å². The van der Waals surface area contributed by atoms with E-state index in [1.54, 1.807) is 23.9 Å². The number of halogens is 1. The Kier molecular flexibility index (Phi) is 7.25. The predicted octanol–water partition coefficient (Wildman–Crippen LogP) is 4.53. The number of aryl methyl sites for hydroxylation is 1. The van der Waals surface area contributed by atoms with Crippen molar-refractivity contribution in [2.45, 2.75) is 24.8 Å². The van der Waals surface area contributed by atoms with E-state index in [2.05, 4.69) is 34.1 Å². The second-order valence-corrected chi connectivity index (χ2v) is 9.22. The van der Waals surface area contributed by atoms with Crippen molar-refractivity contribution in [2.75, 3.05) is 43.4 Å². The second kappa shape index (κ2) is 10.3. The van der Waals surface area contributed by atoms with Crippen LogP contribution < -0.4 is 10.2 Å². The van der Waals surface area contributed by atoms with E-state index in [0.29, 0.717) is 17.0 Å². The molecule has 2 heterocycles. The number of thioether (sulfide) groups is 1. The summed E-state index contributed by atoms with van der Waals surface area (Å²) < 4.78 is 13.0. The number of aromatic nitrogens is 2. The topological polar surface area (TPSA) is 61.4 Å². The van der Waals surface area contributed by atoms with Gasteiger partial charge in [-0.3, -0.25) is 4.79 Å². The van der Waals surface area contributed by atoms with E-state index in [4.69, 9.17) is 4.98 Å². The fraction of sp³-hybridized carbons (Fsp3) is 0.320. The Morgan fingerprint density at radius 3 is 2.33 bits per heavy atom. The van der Waals surface area contributed by atoms with Gasteiger partial charge in [-0.25, -0.2) is 14.4 Å². The molecule has 6 nitrogen and oxygen atoms in total. The molecule has 0 bridgehead atoms. The van der Waals surface area contributed by atoms with Crippen LogP contribution in [0.1, 0.15) is 27.2 Å². The number of carbonyl (C=O) groups is 1. The van der Waals surface area contributed by atoms with Crippen molar-refractivity contribution < 1.29 is 9.18 Å². The molecule has 0 aliphatic carbocycles. The van der Waals surface area contributed by atoms with E-state index in [0.717, 1.165) is 54.0 Å². The number of hydrogen-bond donors (Lipinski definition) is 1. The number of piperazine rings is 1. The number of rotatable bonds is 6. The highest BCUT2D eigenvalue weighted by atomic mass is 32.2. The standard InChI is InChI=1S/C25H28FN5OS/c1-17-18(2)27-25(29-23(17)31-14-12-30(3)13-15-31)33-16-19-4-6-20(7-5-19)24(32)28-22-10-8-21(26)9-11-22/h4-11H,12-16H2,1-3H3,(H,28,32). The molecule has 0 radical (unpaired) electrons. The van der Waals surface area contributed by atoms with Gasteiger partial charge in [-0.1, -0.05) is 23.9 Å². The highest BCUT2D eigenvalue weighted by Gasteiger charge is 2.19. The summed E-state index contributed by atoms with van der Waals surface area (Å²) in [5, 5.41) is 3.54. The Bertz CT molecular complexity index is 1110. The number of amides is 1. The second-order valence-electron chi connectivity index (χ2n) is 8.28. The van der Waals surface area contributed by atoms with Crippen LogP contribution in [0, 0.1) is 19.7 Å². The van der Waals surface area contributed by atoms with E-state index < -0.39 is 0 Å². The van der Waals surface area contributed by atoms with E-state index in [1.165, 1.54) is 24.3 Å². The predicted molar refractivity (Wildman–Crippen MR) is 132 cm³/mol. The van der Waals surface area contributed by atoms with E-state index >= 15 is 0 Å². The third-order valence-corrected chi connectivity index (χ3v) is 6.75. The summed E-state index contributed by atoms with van der Waals surface area (Å²) in [6.07, 6.45) is 0. The number of hydrogen-bond acceptors (Lipinski definition) is 6. The molecule has 33 heavy (non-hydrogen) atoms. The molecule has 1 amide bonds. The van der Waals surface area contributed by atoms with Gasteiger partial charge < -0.3 is 15.1 Å². The first-order chi connectivity index (χ1) is 15.9. The highest BCUT2D eigenvalue weighted by Crippen LogP contribution is 2.27. The van der Waals surface area contributed by atoms with Crippen LogP contribution in [-0.4, -0.2) is 54.0 Å². The van der Waals surface area contributed by atoms with Crippen LogP contribution in [-0.2, 0) is 5.75 Å². The molecule has 172 valence electrons. The molecule has 0 saturated carbocycles. The first-order valence-corrected chi connectivity index (χ1v) is 11.9. The lowest BCUT2D eigenvalue weighted by atomic mass is 10.1. The lowest BCUT2D eigenvalue weighted by Gasteiger charge is -2.34. The summed E-state index contributed by atoms with van der Waals surface area (Å²) in [6, 6.07) is 13.2. The fourth-order valence-electron chi connectivity index (χ4n) is 3.62. The van der Waals surface area contributed by atoms with Crippen LogP contribution in [0.25, 0.3) is 0 Å². The molecule has 2 aromatic carbocycles. The first-order valence-electron chi connectivity index (χ1n) is 11.0. The molecule has 8 heteroatoms. The number of anilines is 2. The molecule has 0 spiro atoms. The Balaban J connectivity index is 1.39. The van der Waals surface area contributed by atoms with Crippen molar-refractivity contribution >= 4 is 29.2 Å². The average molecular weight is 466 g/mol. The minimum atomic E-state index is -0.335. The van der Waals surface area contributed by atoms with Gasteiger partial charge >= 0.3 is 0 Å². The van der Waals surface area contributed by atoms with Gasteiger partial charge in [0.1, 0.15) is 11.6 Å². The highest BCUT2D eigenvalue weighted by molar-refractivity contribution is 7.98. The van der Waals surface area contributed by atoms with Crippen molar-refractivity contribution in [3.63, 3.8) is 0 Å². The van der Waals surface area contributed by atoms with Gasteiger partial charge in [-0.05, 0) is 62.9 Å². The number of carbonyl (C=O) groups excluding carboxylic acids is 1. The average Bonchev–Trinajstić information content (AvgIpc) is 2.82. The van der Waals surface area contributed by atoms with Gasteiger partial charge in [0.25, 0.3) is 5.91 Å². The van der Waals surface area contributed by atoms with Crippen molar-refractivity contribution in [3.8, 4) is 0 Å². The maximum absolute atomic E-state index is 13.0. The molecule has 1 aliphatic rings. The van der Waals surface area contributed by atoms with Crippen molar-refractivity contribution in [2.24, 2.45) is 0 Å². The molecule has 1 saturated heterocycles. The summed E-state index contributed by atoms with van der Waals surface area (Å²) in [6.45, 7) is 8.14. The summed E-state index contributed by atoms with van der Waals surface area (Å²) in [5.41, 5.74) is 4.34. The van der Waals surface area contributed by atoms with Gasteiger partial charge in [0.2, 0.25) is 0 Å². The number of benzene rings is 2. The molecular formula is C25H28FN5OS. The molecule has 1 aliphatic heterocycles. The van der Waals surface area contributed by atoms with E-state index in [1.807, 2.05) is 19.1 Å². The maximum atomic E-state index is 13.0. The summed E-state index contributed by atoms with van der Waals surface area (Å²) in [4.78, 5) is 26.7. The third kappa shape index (κ3) is 5.89. The number of likely N-dealkylation sites (N-methyl/N-ethyl adjacent to an activating group) is 1. The van der Waals surface area contributed by atoms with Crippen LogP contribution in [0.5, 0.6) is 0 Å². The molecule has 4 rings (SSSR count). The SMILES string of the molecule is Cc1nc(SCc2ccc(C(=O)Nc3ccc(F)cc3)cc2)nc(N2CCN(C)CC2)c1C. The molecule has 0 unspecified atom stereocenters. The molecule has 1 aromatic heterocycles. The zero-order valence-electron chi connectivity index (χ0n) is 19.1. The van der Waals surface area contributed by atoms with Gasteiger partial charge in [0.15, 0.2) is 5.16 Å². The fourth-order valence-corrected chi connectivity index (χ4v) is 4.46. The first kappa shape index (κ1) is 23.2.